The molecular formula is C6H4N2O8S. The molecule has 0 aromatic heterocycles. The normalized spacial score (nSPS) is 11.1. The molecule has 0 spiro atoms. The van der Waals surface area contributed by atoms with Crippen LogP contribution in [-0.2, 0) is 10.1 Å². The van der Waals surface area contributed by atoms with Gasteiger partial charge in [0.2, 0.25) is 5.75 Å². The standard InChI is InChI=1S/C6H4N2O8S/c9-3-1-2-4(17(14,15)16)6(8(12)13)5(3)7(10)11/h1-2,9H,(H,14,15,16). The van der Waals surface area contributed by atoms with Crippen LogP contribution in [0.4, 0.5) is 11.4 Å². The molecule has 0 radical (unpaired) electrons. The molecule has 0 fully saturated rings. The van der Waals surface area contributed by atoms with E-state index in [1.807, 2.05) is 0 Å². The third-order valence-electron chi connectivity index (χ3n) is 1.74. The lowest BCUT2D eigenvalue weighted by atomic mass is 10.2. The molecule has 11 heteroatoms. The van der Waals surface area contributed by atoms with E-state index in [2.05, 4.69) is 0 Å². The van der Waals surface area contributed by atoms with Crippen molar-refractivity contribution in [1.29, 1.82) is 0 Å². The number of phenolic OH excluding ortho intramolecular Hbond substituents is 1. The number of aromatic hydroxyl groups is 1. The fourth-order valence-corrected chi connectivity index (χ4v) is 1.77. The second-order valence-electron chi connectivity index (χ2n) is 2.77. The summed E-state index contributed by atoms with van der Waals surface area (Å²) in [5, 5.41) is 30.1. The molecule has 1 rings (SSSR count). The van der Waals surface area contributed by atoms with Crippen LogP contribution in [-0.4, -0.2) is 27.9 Å². The van der Waals surface area contributed by atoms with E-state index >= 15 is 0 Å². The molecule has 0 saturated heterocycles. The van der Waals surface area contributed by atoms with Gasteiger partial charge in [0.25, 0.3) is 0 Å². The number of rotatable bonds is 3. The van der Waals surface area contributed by atoms with Gasteiger partial charge in [-0.1, -0.05) is 0 Å². The van der Waals surface area contributed by atoms with E-state index in [1.54, 1.807) is 0 Å². The van der Waals surface area contributed by atoms with E-state index in [0.29, 0.717) is 12.1 Å². The minimum atomic E-state index is -5.01. The fourth-order valence-electron chi connectivity index (χ4n) is 1.12. The van der Waals surface area contributed by atoms with Crippen molar-refractivity contribution in [3.63, 3.8) is 0 Å². The Bertz CT molecular complexity index is 607. The molecule has 1 aromatic rings. The van der Waals surface area contributed by atoms with E-state index in [-0.39, 0.29) is 0 Å². The quantitative estimate of drug-likeness (QED) is 0.451. The van der Waals surface area contributed by atoms with Gasteiger partial charge in [-0.25, -0.2) is 0 Å². The molecule has 1 aromatic carbocycles. The number of benzene rings is 1. The number of nitrogens with zero attached hydrogens (tertiary/aromatic N) is 2. The average molecular weight is 264 g/mol. The maximum absolute atomic E-state index is 10.8. The number of phenols is 1. The predicted octanol–water partition coefficient (Wildman–Crippen LogP) is 0.455. The van der Waals surface area contributed by atoms with Crippen molar-refractivity contribution in [2.45, 2.75) is 4.90 Å². The first-order valence-corrected chi connectivity index (χ1v) is 5.22. The van der Waals surface area contributed by atoms with E-state index in [9.17, 15) is 28.6 Å². The molecule has 0 bridgehead atoms. The van der Waals surface area contributed by atoms with E-state index in [1.165, 1.54) is 0 Å². The molecule has 0 unspecified atom stereocenters. The van der Waals surface area contributed by atoms with Crippen LogP contribution >= 0.6 is 0 Å². The van der Waals surface area contributed by atoms with Crippen molar-refractivity contribution < 1.29 is 27.9 Å². The number of nitro benzene ring substituents is 2. The van der Waals surface area contributed by atoms with Crippen molar-refractivity contribution in [3.8, 4) is 5.75 Å². The van der Waals surface area contributed by atoms with Crippen LogP contribution in [0.25, 0.3) is 0 Å². The largest absolute Gasteiger partial charge is 0.502 e. The van der Waals surface area contributed by atoms with E-state index in [4.69, 9.17) is 9.66 Å². The van der Waals surface area contributed by atoms with Crippen LogP contribution < -0.4 is 0 Å². The first-order chi connectivity index (χ1) is 7.66. The summed E-state index contributed by atoms with van der Waals surface area (Å²) in [7, 11) is -5.01. The third-order valence-corrected chi connectivity index (χ3v) is 2.62. The number of nitro groups is 2. The summed E-state index contributed by atoms with van der Waals surface area (Å²) in [6.45, 7) is 0. The Hall–Kier alpha value is -2.27. The van der Waals surface area contributed by atoms with Crippen LogP contribution in [0.5, 0.6) is 5.75 Å². The summed E-state index contributed by atoms with van der Waals surface area (Å²) < 4.78 is 30.3. The van der Waals surface area contributed by atoms with Crippen LogP contribution in [0.15, 0.2) is 17.0 Å². The van der Waals surface area contributed by atoms with E-state index < -0.39 is 42.0 Å². The molecular weight excluding hydrogens is 260 g/mol. The number of hydrogen-bond donors (Lipinski definition) is 2. The molecule has 10 nitrogen and oxygen atoms in total. The molecule has 92 valence electrons. The predicted molar refractivity (Wildman–Crippen MR) is 51.2 cm³/mol. The van der Waals surface area contributed by atoms with Crippen molar-refractivity contribution in [2.75, 3.05) is 0 Å². The maximum atomic E-state index is 10.8. The topological polar surface area (TPSA) is 161 Å². The minimum absolute atomic E-state index is 0.496. The summed E-state index contributed by atoms with van der Waals surface area (Å²) in [6, 6.07) is 1.06. The lowest BCUT2D eigenvalue weighted by Crippen LogP contribution is -2.06. The molecule has 0 aliphatic rings. The Morgan fingerprint density at radius 3 is 1.88 bits per heavy atom. The maximum Gasteiger partial charge on any atom is 0.388 e. The second-order valence-corrected chi connectivity index (χ2v) is 4.16. The monoisotopic (exact) mass is 264 g/mol. The molecule has 0 atom stereocenters. The van der Waals surface area contributed by atoms with Crippen molar-refractivity contribution in [1.82, 2.24) is 0 Å². The first kappa shape index (κ1) is 12.8. The highest BCUT2D eigenvalue weighted by Gasteiger charge is 2.37. The summed E-state index contributed by atoms with van der Waals surface area (Å²) in [6.07, 6.45) is 0. The second kappa shape index (κ2) is 3.95. The zero-order chi connectivity index (χ0) is 13.4. The summed E-state index contributed by atoms with van der Waals surface area (Å²) in [5.74, 6) is -1.07. The summed E-state index contributed by atoms with van der Waals surface area (Å²) in [5.41, 5.74) is -2.89. The van der Waals surface area contributed by atoms with Gasteiger partial charge in [-0.3, -0.25) is 24.8 Å². The Morgan fingerprint density at radius 2 is 1.53 bits per heavy atom. The van der Waals surface area contributed by atoms with Gasteiger partial charge in [0, 0.05) is 0 Å². The van der Waals surface area contributed by atoms with Gasteiger partial charge in [0.15, 0.2) is 4.90 Å². The highest BCUT2D eigenvalue weighted by atomic mass is 32.2. The van der Waals surface area contributed by atoms with Crippen molar-refractivity contribution in [3.05, 3.63) is 32.4 Å². The van der Waals surface area contributed by atoms with Gasteiger partial charge in [-0.15, -0.1) is 0 Å². The smallest absolute Gasteiger partial charge is 0.388 e. The van der Waals surface area contributed by atoms with Crippen LogP contribution in [0, 0.1) is 20.2 Å². The van der Waals surface area contributed by atoms with Crippen LogP contribution in [0.3, 0.4) is 0 Å². The Kier molecular flexibility index (Phi) is 2.97. The number of hydrogen-bond acceptors (Lipinski definition) is 7. The van der Waals surface area contributed by atoms with Gasteiger partial charge < -0.3 is 5.11 Å². The van der Waals surface area contributed by atoms with Crippen LogP contribution in [0.2, 0.25) is 0 Å². The minimum Gasteiger partial charge on any atom is -0.502 e. The van der Waals surface area contributed by atoms with Gasteiger partial charge in [0.05, 0.1) is 9.85 Å². The Labute approximate surface area is 93.2 Å². The zero-order valence-electron chi connectivity index (χ0n) is 7.80. The van der Waals surface area contributed by atoms with Gasteiger partial charge >= 0.3 is 21.5 Å². The molecule has 0 heterocycles. The van der Waals surface area contributed by atoms with Gasteiger partial charge in [-0.05, 0) is 12.1 Å². The molecule has 2 N–H and O–H groups in total. The molecule has 0 saturated carbocycles. The summed E-state index contributed by atoms with van der Waals surface area (Å²) >= 11 is 0. The SMILES string of the molecule is O=[N+]([O-])c1c(O)ccc(S(=O)(=O)O)c1[N+](=O)[O-]. The zero-order valence-corrected chi connectivity index (χ0v) is 8.62. The lowest BCUT2D eigenvalue weighted by molar-refractivity contribution is -0.425. The van der Waals surface area contributed by atoms with Crippen molar-refractivity contribution in [2.24, 2.45) is 0 Å². The molecule has 0 aliphatic heterocycles. The lowest BCUT2D eigenvalue weighted by Gasteiger charge is -2.01. The van der Waals surface area contributed by atoms with Crippen LogP contribution in [0.1, 0.15) is 0 Å². The summed E-state index contributed by atoms with van der Waals surface area (Å²) in [4.78, 5) is 17.1. The highest BCUT2D eigenvalue weighted by Crippen LogP contribution is 2.40. The molecule has 0 amide bonds. The first-order valence-electron chi connectivity index (χ1n) is 3.78. The van der Waals surface area contributed by atoms with E-state index in [0.717, 1.165) is 0 Å². The Morgan fingerprint density at radius 1 is 1.06 bits per heavy atom. The average Bonchev–Trinajstić information content (AvgIpc) is 2.14. The highest BCUT2D eigenvalue weighted by molar-refractivity contribution is 7.86. The third kappa shape index (κ3) is 2.29. The van der Waals surface area contributed by atoms with Gasteiger partial charge in [-0.2, -0.15) is 8.42 Å². The fraction of sp³-hybridized carbons (Fsp3) is 0. The van der Waals surface area contributed by atoms with Gasteiger partial charge in [0.1, 0.15) is 0 Å². The molecule has 0 aliphatic carbocycles. The van der Waals surface area contributed by atoms with Crippen molar-refractivity contribution >= 4 is 21.5 Å². The Balaban J connectivity index is 3.85. The molecule has 17 heavy (non-hydrogen) atoms.